The van der Waals surface area contributed by atoms with Crippen LogP contribution in [0, 0.1) is 0 Å². The molecule has 0 aliphatic rings. The molecule has 0 bridgehead atoms. The van der Waals surface area contributed by atoms with Gasteiger partial charge in [0.15, 0.2) is 17.6 Å². The number of ketones is 2. The van der Waals surface area contributed by atoms with Crippen molar-refractivity contribution in [2.24, 2.45) is 10.2 Å². The first kappa shape index (κ1) is 12.0. The number of phenols is 1. The zero-order valence-corrected chi connectivity index (χ0v) is 9.04. The summed E-state index contributed by atoms with van der Waals surface area (Å²) >= 11 is 0. The van der Waals surface area contributed by atoms with Gasteiger partial charge in [0.1, 0.15) is 5.75 Å². The van der Waals surface area contributed by atoms with Gasteiger partial charge in [-0.25, -0.2) is 0 Å². The minimum absolute atomic E-state index is 0.119. The predicted octanol–water partition coefficient (Wildman–Crippen LogP) is 2.02. The van der Waals surface area contributed by atoms with Crippen LogP contribution >= 0.6 is 0 Å². The van der Waals surface area contributed by atoms with Crippen LogP contribution in [0.3, 0.4) is 0 Å². The zero-order valence-electron chi connectivity index (χ0n) is 9.04. The fraction of sp³-hybridized carbons (Fsp3) is 0.273. The maximum atomic E-state index is 11.0. The Morgan fingerprint density at radius 2 is 1.62 bits per heavy atom. The summed E-state index contributed by atoms with van der Waals surface area (Å²) in [6, 6.07) is 4.94. The zero-order chi connectivity index (χ0) is 12.1. The molecule has 0 unspecified atom stereocenters. The summed E-state index contributed by atoms with van der Waals surface area (Å²) in [6.45, 7) is 2.59. The maximum absolute atomic E-state index is 11.0. The number of benzene rings is 1. The Morgan fingerprint density at radius 3 is 2.06 bits per heavy atom. The van der Waals surface area contributed by atoms with Crippen molar-refractivity contribution < 1.29 is 14.7 Å². The summed E-state index contributed by atoms with van der Waals surface area (Å²) in [7, 11) is 0. The van der Waals surface area contributed by atoms with Gasteiger partial charge in [0.05, 0.1) is 5.69 Å². The van der Waals surface area contributed by atoms with E-state index in [0.29, 0.717) is 5.69 Å². The number of azo groups is 1. The molecule has 84 valence electrons. The second-order valence-corrected chi connectivity index (χ2v) is 3.36. The average molecular weight is 220 g/mol. The summed E-state index contributed by atoms with van der Waals surface area (Å²) in [4.78, 5) is 22.1. The van der Waals surface area contributed by atoms with Gasteiger partial charge in [-0.15, -0.1) is 0 Å². The molecule has 0 aliphatic carbocycles. The van der Waals surface area contributed by atoms with E-state index in [0.717, 1.165) is 0 Å². The molecule has 1 aromatic rings. The van der Waals surface area contributed by atoms with Crippen LogP contribution in [-0.2, 0) is 9.59 Å². The predicted molar refractivity (Wildman–Crippen MR) is 57.8 cm³/mol. The molecular weight excluding hydrogens is 208 g/mol. The number of aromatic hydroxyl groups is 1. The van der Waals surface area contributed by atoms with Crippen molar-refractivity contribution in [1.82, 2.24) is 0 Å². The van der Waals surface area contributed by atoms with E-state index in [1.807, 2.05) is 0 Å². The molecule has 0 fully saturated rings. The minimum Gasteiger partial charge on any atom is -0.508 e. The van der Waals surface area contributed by atoms with Crippen molar-refractivity contribution in [2.45, 2.75) is 19.9 Å². The number of carbonyl (C=O) groups is 2. The van der Waals surface area contributed by atoms with Gasteiger partial charge in [0.2, 0.25) is 0 Å². The summed E-state index contributed by atoms with van der Waals surface area (Å²) < 4.78 is 0. The van der Waals surface area contributed by atoms with E-state index in [9.17, 15) is 9.59 Å². The van der Waals surface area contributed by atoms with E-state index in [4.69, 9.17) is 5.11 Å². The Labute approximate surface area is 92.8 Å². The smallest absolute Gasteiger partial charge is 0.187 e. The van der Waals surface area contributed by atoms with Gasteiger partial charge >= 0.3 is 0 Å². The first-order valence-electron chi connectivity index (χ1n) is 4.71. The number of Topliss-reactive ketones (excluding diaryl/α,β-unsaturated/α-hetero) is 2. The molecule has 1 rings (SSSR count). The fourth-order valence-corrected chi connectivity index (χ4v) is 1.09. The van der Waals surface area contributed by atoms with Gasteiger partial charge < -0.3 is 5.11 Å². The summed E-state index contributed by atoms with van der Waals surface area (Å²) in [6.07, 6.45) is 0. The Balaban J connectivity index is 2.82. The topological polar surface area (TPSA) is 79.1 Å². The molecule has 0 spiro atoms. The normalized spacial score (nSPS) is 10.9. The molecule has 0 atom stereocenters. The molecule has 5 nitrogen and oxygen atoms in total. The Kier molecular flexibility index (Phi) is 3.88. The largest absolute Gasteiger partial charge is 0.508 e. The molecule has 0 aliphatic heterocycles. The monoisotopic (exact) mass is 220 g/mol. The lowest BCUT2D eigenvalue weighted by atomic mass is 10.1. The van der Waals surface area contributed by atoms with Crippen LogP contribution in [0.1, 0.15) is 13.8 Å². The fourth-order valence-electron chi connectivity index (χ4n) is 1.09. The Hall–Kier alpha value is -2.04. The number of phenolic OH excluding ortho intramolecular Hbond substituents is 1. The Morgan fingerprint density at radius 1 is 1.12 bits per heavy atom. The standard InChI is InChI=1S/C11H12N2O3/c1-7(14)11(8(2)15)13-12-9-3-5-10(16)6-4-9/h3-6,11,16H,1-2H3. The van der Waals surface area contributed by atoms with Crippen LogP contribution in [-0.4, -0.2) is 22.7 Å². The highest BCUT2D eigenvalue weighted by Crippen LogP contribution is 2.17. The number of hydrogen-bond acceptors (Lipinski definition) is 5. The maximum Gasteiger partial charge on any atom is 0.187 e. The van der Waals surface area contributed by atoms with Crippen molar-refractivity contribution >= 4 is 17.3 Å². The molecule has 1 N–H and O–H groups in total. The van der Waals surface area contributed by atoms with Gasteiger partial charge in [0.25, 0.3) is 0 Å². The summed E-state index contributed by atoms with van der Waals surface area (Å²) in [5.41, 5.74) is 0.477. The average Bonchev–Trinajstić information content (AvgIpc) is 2.20. The van der Waals surface area contributed by atoms with Crippen molar-refractivity contribution in [3.05, 3.63) is 24.3 Å². The second-order valence-electron chi connectivity index (χ2n) is 3.36. The van der Waals surface area contributed by atoms with Crippen molar-refractivity contribution in [3.63, 3.8) is 0 Å². The molecular formula is C11H12N2O3. The molecule has 5 heteroatoms. The summed E-state index contributed by atoms with van der Waals surface area (Å²) in [5, 5.41) is 16.5. The van der Waals surface area contributed by atoms with Crippen LogP contribution < -0.4 is 0 Å². The summed E-state index contributed by atoms with van der Waals surface area (Å²) in [5.74, 6) is -0.557. The molecule has 0 aromatic heterocycles. The van der Waals surface area contributed by atoms with Crippen LogP contribution in [0.4, 0.5) is 5.69 Å². The lowest BCUT2D eigenvalue weighted by molar-refractivity contribution is -0.126. The first-order valence-corrected chi connectivity index (χ1v) is 4.71. The molecule has 0 saturated heterocycles. The van der Waals surface area contributed by atoms with E-state index in [1.54, 1.807) is 0 Å². The van der Waals surface area contributed by atoms with Gasteiger partial charge in [-0.05, 0) is 38.1 Å². The molecule has 0 saturated carbocycles. The van der Waals surface area contributed by atoms with Gasteiger partial charge in [-0.2, -0.15) is 10.2 Å². The highest BCUT2D eigenvalue weighted by atomic mass is 16.3. The quantitative estimate of drug-likeness (QED) is 0.622. The molecule has 1 aromatic carbocycles. The van der Waals surface area contributed by atoms with E-state index in [2.05, 4.69) is 10.2 Å². The molecule has 16 heavy (non-hydrogen) atoms. The SMILES string of the molecule is CC(=O)C(N=Nc1ccc(O)cc1)C(C)=O. The number of nitrogens with zero attached hydrogens (tertiary/aromatic N) is 2. The van der Waals surface area contributed by atoms with Crippen LogP contribution in [0.2, 0.25) is 0 Å². The first-order chi connectivity index (χ1) is 7.50. The lowest BCUT2D eigenvalue weighted by Crippen LogP contribution is -2.23. The van der Waals surface area contributed by atoms with Crippen LogP contribution in [0.5, 0.6) is 5.75 Å². The second kappa shape index (κ2) is 5.16. The lowest BCUT2D eigenvalue weighted by Gasteiger charge is -2.01. The van der Waals surface area contributed by atoms with Crippen LogP contribution in [0.15, 0.2) is 34.5 Å². The van der Waals surface area contributed by atoms with Gasteiger partial charge in [-0.1, -0.05) is 0 Å². The number of hydrogen-bond donors (Lipinski definition) is 1. The third-order valence-electron chi connectivity index (χ3n) is 1.91. The highest BCUT2D eigenvalue weighted by Gasteiger charge is 2.18. The highest BCUT2D eigenvalue weighted by molar-refractivity contribution is 6.04. The van der Waals surface area contributed by atoms with E-state index in [-0.39, 0.29) is 17.3 Å². The number of rotatable bonds is 4. The van der Waals surface area contributed by atoms with Gasteiger partial charge in [0, 0.05) is 0 Å². The molecule has 0 heterocycles. The minimum atomic E-state index is -1.03. The third-order valence-corrected chi connectivity index (χ3v) is 1.91. The van der Waals surface area contributed by atoms with E-state index in [1.165, 1.54) is 38.1 Å². The van der Waals surface area contributed by atoms with Crippen LogP contribution in [0.25, 0.3) is 0 Å². The van der Waals surface area contributed by atoms with E-state index >= 15 is 0 Å². The Bertz CT molecular complexity index is 409. The van der Waals surface area contributed by atoms with Gasteiger partial charge in [-0.3, -0.25) is 9.59 Å². The van der Waals surface area contributed by atoms with E-state index < -0.39 is 6.04 Å². The van der Waals surface area contributed by atoms with Crippen molar-refractivity contribution in [2.75, 3.05) is 0 Å². The molecule has 0 amide bonds. The van der Waals surface area contributed by atoms with Crippen molar-refractivity contribution in [1.29, 1.82) is 0 Å². The third kappa shape index (κ3) is 3.27. The molecule has 0 radical (unpaired) electrons. The number of carbonyl (C=O) groups excluding carboxylic acids is 2. The van der Waals surface area contributed by atoms with Crippen molar-refractivity contribution in [3.8, 4) is 5.75 Å².